The Labute approximate surface area is 375 Å². The van der Waals surface area contributed by atoms with E-state index >= 15 is 0 Å². The van der Waals surface area contributed by atoms with E-state index in [1.54, 1.807) is 54.6 Å². The molecule has 6 rings (SSSR count). The number of halogens is 4. The van der Waals surface area contributed by atoms with Crippen LogP contribution in [0.25, 0.3) is 32.3 Å². The zero-order valence-electron chi connectivity index (χ0n) is 33.3. The number of carbonyl (C=O) groups excluding carboxylic acids is 3. The van der Waals surface area contributed by atoms with Gasteiger partial charge in [0, 0.05) is 87.2 Å². The Balaban J connectivity index is 0.000000206. The average Bonchev–Trinajstić information content (AvgIpc) is 3.25. The summed E-state index contributed by atoms with van der Waals surface area (Å²) < 4.78 is 0. The zero-order valence-corrected chi connectivity index (χ0v) is 36.3. The number of carboxylic acid groups (broad SMARTS) is 1. The second-order valence-corrected chi connectivity index (χ2v) is 14.6. The fourth-order valence-corrected chi connectivity index (χ4v) is 6.32. The minimum atomic E-state index is -0.991. The fraction of sp³-hybridized carbons (Fsp3) is 0.195. The largest absolute Gasteiger partial charge is 0.481 e. The van der Waals surface area contributed by atoms with Crippen LogP contribution >= 0.6 is 46.4 Å². The van der Waals surface area contributed by atoms with E-state index < -0.39 is 11.9 Å². The molecule has 3 amide bonds. The first kappa shape index (κ1) is 48.1. The fourth-order valence-electron chi connectivity index (χ4n) is 5.48. The number of hydrogen-bond donors (Lipinski definition) is 8. The first-order valence-electron chi connectivity index (χ1n) is 18.7. The molecule has 6 aromatic rings. The third-order valence-electron chi connectivity index (χ3n) is 8.38. The lowest BCUT2D eigenvalue weighted by Crippen LogP contribution is -2.25. The molecule has 0 atom stereocenters. The van der Waals surface area contributed by atoms with Crippen LogP contribution in [0.2, 0.25) is 20.2 Å². The number of aliphatic imine (C=N–C) groups is 2. The van der Waals surface area contributed by atoms with Crippen molar-refractivity contribution in [2.45, 2.75) is 33.1 Å². The van der Waals surface area contributed by atoms with Crippen molar-refractivity contribution < 1.29 is 24.3 Å². The lowest BCUT2D eigenvalue weighted by atomic mass is 10.1. The Morgan fingerprint density at radius 3 is 1.27 bits per heavy atom. The predicted molar refractivity (Wildman–Crippen MR) is 246 cm³/mol. The number of amides is 3. The van der Waals surface area contributed by atoms with Crippen LogP contribution in [0.1, 0.15) is 64.2 Å². The lowest BCUT2D eigenvalue weighted by Gasteiger charge is -2.08. The second kappa shape index (κ2) is 22.9. The number of fused-ring (bicyclic) bond motifs is 3. The number of hydrogen-bond acceptors (Lipinski definition) is 9. The Morgan fingerprint density at radius 2 is 0.903 bits per heavy atom. The number of nitrogens with two attached hydrogens (primary N) is 4. The second-order valence-electron chi connectivity index (χ2n) is 13.0. The number of rotatable bonds is 12. The molecule has 3 aromatic carbocycles. The van der Waals surface area contributed by atoms with Gasteiger partial charge < -0.3 is 44.0 Å². The molecule has 0 aliphatic heterocycles. The standard InChI is InChI=1S/C14H14ClN5O3.C14H16ClN5O.C13H12Cl2N2O/c15-10-6-19-12(20-14(16)17)9-5-7(1-2-8(9)10)13(23)18-4-3-11(21)22;1-2-5-18-13(21)8-3-4-9-10(6-8)12(20-14(16)17)19-7-11(9)15;1-2-5-16-13(18)8-3-4-9-10(6-8)12(15)17-7-11(9)14/h1-2,5-6H,3-4H2,(H,18,23)(H,21,22)(H4,16,17,19,20);3-4,6-7H,2,5H2,1H3,(H,18,21)(H4,16,17,19,20);3-4,6-7H,2,5H2,1H3,(H,16,18). The highest BCUT2D eigenvalue weighted by Crippen LogP contribution is 2.32. The normalized spacial score (nSPS) is 10.4. The molecule has 0 bridgehead atoms. The summed E-state index contributed by atoms with van der Waals surface area (Å²) in [5.74, 6) is -1.38. The molecule has 17 nitrogen and oxygen atoms in total. The van der Waals surface area contributed by atoms with Gasteiger partial charge in [0.15, 0.2) is 23.6 Å². The van der Waals surface area contributed by atoms with Gasteiger partial charge in [-0.3, -0.25) is 19.2 Å². The van der Waals surface area contributed by atoms with Crippen molar-refractivity contribution >= 4 is 126 Å². The van der Waals surface area contributed by atoms with Crippen LogP contribution < -0.4 is 38.9 Å². The first-order chi connectivity index (χ1) is 29.5. The van der Waals surface area contributed by atoms with Crippen LogP contribution in [0, 0.1) is 0 Å². The van der Waals surface area contributed by atoms with Gasteiger partial charge >= 0.3 is 5.97 Å². The topological polar surface area (TPSA) is 292 Å². The molecule has 12 N–H and O–H groups in total. The molecule has 0 aliphatic rings. The van der Waals surface area contributed by atoms with E-state index in [0.717, 1.165) is 23.6 Å². The van der Waals surface area contributed by atoms with E-state index in [-0.39, 0.29) is 42.5 Å². The Morgan fingerprint density at radius 1 is 0.548 bits per heavy atom. The quantitative estimate of drug-likeness (QED) is 0.0365. The number of carboxylic acids is 1. The molecule has 0 saturated heterocycles. The molecular weight excluding hydrogens is 882 g/mol. The maximum absolute atomic E-state index is 12.0. The minimum Gasteiger partial charge on any atom is -0.481 e. The first-order valence-corrected chi connectivity index (χ1v) is 20.2. The SMILES string of the molecule is CCCNC(=O)c1ccc2c(Cl)cnc(Cl)c2c1.CCCNC(=O)c1ccc2c(Cl)cnc(N=C(N)N)c2c1.NC(N)=Nc1ncc(Cl)c2ccc(C(=O)NCCC(=O)O)cc12. The van der Waals surface area contributed by atoms with Gasteiger partial charge in [0.05, 0.1) is 21.5 Å². The summed E-state index contributed by atoms with van der Waals surface area (Å²) in [5, 5.41) is 22.4. The molecule has 324 valence electrons. The average molecular weight is 925 g/mol. The molecule has 3 heterocycles. The minimum absolute atomic E-state index is 0.0285. The summed E-state index contributed by atoms with van der Waals surface area (Å²) in [6.45, 7) is 5.28. The molecule has 21 heteroatoms. The van der Waals surface area contributed by atoms with E-state index in [9.17, 15) is 19.2 Å². The van der Waals surface area contributed by atoms with E-state index in [1.165, 1.54) is 18.6 Å². The predicted octanol–water partition coefficient (Wildman–Crippen LogP) is 6.61. The summed E-state index contributed by atoms with van der Waals surface area (Å²) >= 11 is 24.2. The number of aromatic nitrogens is 3. The van der Waals surface area contributed by atoms with Gasteiger partial charge in [0.2, 0.25) is 0 Å². The Hall–Kier alpha value is -6.53. The van der Waals surface area contributed by atoms with E-state index in [0.29, 0.717) is 77.4 Å². The number of guanidine groups is 2. The molecule has 0 aliphatic carbocycles. The van der Waals surface area contributed by atoms with Crippen LogP contribution in [0.3, 0.4) is 0 Å². The van der Waals surface area contributed by atoms with Gasteiger partial charge in [0.25, 0.3) is 17.7 Å². The summed E-state index contributed by atoms with van der Waals surface area (Å²) in [6, 6.07) is 15.1. The summed E-state index contributed by atoms with van der Waals surface area (Å²) in [4.78, 5) is 66.3. The van der Waals surface area contributed by atoms with Gasteiger partial charge in [-0.1, -0.05) is 78.5 Å². The summed E-state index contributed by atoms with van der Waals surface area (Å²) in [5.41, 5.74) is 22.9. The van der Waals surface area contributed by atoms with E-state index in [4.69, 9.17) is 74.4 Å². The van der Waals surface area contributed by atoms with Crippen LogP contribution in [0.5, 0.6) is 0 Å². The van der Waals surface area contributed by atoms with Gasteiger partial charge in [-0.15, -0.1) is 0 Å². The number of nitrogens with one attached hydrogen (secondary N) is 3. The van der Waals surface area contributed by atoms with Crippen molar-refractivity contribution in [3.63, 3.8) is 0 Å². The molecule has 0 fully saturated rings. The molecule has 62 heavy (non-hydrogen) atoms. The Kier molecular flexibility index (Phi) is 17.8. The van der Waals surface area contributed by atoms with E-state index in [1.807, 2.05) is 13.8 Å². The highest BCUT2D eigenvalue weighted by molar-refractivity contribution is 6.39. The number of aliphatic carboxylic acids is 1. The maximum atomic E-state index is 12.0. The van der Waals surface area contributed by atoms with Crippen molar-refractivity contribution in [1.82, 2.24) is 30.9 Å². The van der Waals surface area contributed by atoms with Gasteiger partial charge in [-0.2, -0.15) is 9.98 Å². The van der Waals surface area contributed by atoms with Gasteiger partial charge in [-0.25, -0.2) is 15.0 Å². The highest BCUT2D eigenvalue weighted by atomic mass is 35.5. The third-order valence-corrected chi connectivity index (χ3v) is 9.58. The number of pyridine rings is 3. The molecule has 0 unspecified atom stereocenters. The molecule has 0 saturated carbocycles. The molecule has 0 radical (unpaired) electrons. The van der Waals surface area contributed by atoms with Crippen molar-refractivity contribution in [3.8, 4) is 0 Å². The summed E-state index contributed by atoms with van der Waals surface area (Å²) in [6.07, 6.45) is 6.00. The monoisotopic (exact) mass is 922 g/mol. The Bertz CT molecular complexity index is 2690. The van der Waals surface area contributed by atoms with Crippen molar-refractivity contribution in [2.24, 2.45) is 32.9 Å². The summed E-state index contributed by atoms with van der Waals surface area (Å²) in [7, 11) is 0. The van der Waals surface area contributed by atoms with Crippen molar-refractivity contribution in [1.29, 1.82) is 0 Å². The van der Waals surface area contributed by atoms with Gasteiger partial charge in [-0.05, 0) is 49.2 Å². The smallest absolute Gasteiger partial charge is 0.305 e. The zero-order chi connectivity index (χ0) is 45.5. The number of nitrogens with zero attached hydrogens (tertiary/aromatic N) is 5. The van der Waals surface area contributed by atoms with Crippen LogP contribution in [0.4, 0.5) is 11.6 Å². The maximum Gasteiger partial charge on any atom is 0.305 e. The number of carbonyl (C=O) groups is 4. The molecular formula is C41H42Cl4N12O5. The lowest BCUT2D eigenvalue weighted by molar-refractivity contribution is -0.136. The van der Waals surface area contributed by atoms with Crippen LogP contribution in [-0.2, 0) is 4.79 Å². The van der Waals surface area contributed by atoms with Gasteiger partial charge in [0.1, 0.15) is 5.15 Å². The molecule has 3 aromatic heterocycles. The van der Waals surface area contributed by atoms with Crippen LogP contribution in [-0.4, -0.2) is 75.3 Å². The number of benzene rings is 3. The van der Waals surface area contributed by atoms with E-state index in [2.05, 4.69) is 40.9 Å². The third kappa shape index (κ3) is 13.2. The molecule has 0 spiro atoms. The van der Waals surface area contributed by atoms with Crippen LogP contribution in [0.15, 0.2) is 83.2 Å². The van der Waals surface area contributed by atoms with Crippen molar-refractivity contribution in [3.05, 3.63) is 110 Å². The highest BCUT2D eigenvalue weighted by Gasteiger charge is 2.14. The van der Waals surface area contributed by atoms with Crippen molar-refractivity contribution in [2.75, 3.05) is 19.6 Å².